The number of ether oxygens (including phenoxy) is 1. The summed E-state index contributed by atoms with van der Waals surface area (Å²) in [6, 6.07) is 16.4. The van der Waals surface area contributed by atoms with Crippen molar-refractivity contribution in [1.29, 1.82) is 0 Å². The van der Waals surface area contributed by atoms with Gasteiger partial charge in [0.25, 0.3) is 11.7 Å². The Hall–Kier alpha value is -3.68. The maximum absolute atomic E-state index is 12.4. The van der Waals surface area contributed by atoms with E-state index in [-0.39, 0.29) is 17.8 Å². The van der Waals surface area contributed by atoms with Crippen molar-refractivity contribution < 1.29 is 27.5 Å². The number of aromatic nitrogens is 1. The lowest BCUT2D eigenvalue weighted by atomic mass is 10.1. The first-order valence-corrected chi connectivity index (χ1v) is 8.58. The van der Waals surface area contributed by atoms with Crippen molar-refractivity contribution in [3.05, 3.63) is 78.1 Å². The van der Waals surface area contributed by atoms with Gasteiger partial charge in [0, 0.05) is 11.8 Å². The lowest BCUT2D eigenvalue weighted by Crippen LogP contribution is -2.29. The molecule has 0 spiro atoms. The lowest BCUT2D eigenvalue weighted by molar-refractivity contribution is -0.274. The number of carbonyl (C=O) groups is 2. The number of fused-ring (bicyclic) bond motifs is 1. The second kappa shape index (κ2) is 7.05. The third-order valence-electron chi connectivity index (χ3n) is 4.43. The Morgan fingerprint density at radius 2 is 1.69 bits per heavy atom. The van der Waals surface area contributed by atoms with Gasteiger partial charge >= 0.3 is 6.36 Å². The third kappa shape index (κ3) is 3.82. The Morgan fingerprint density at radius 1 is 0.931 bits per heavy atom. The molecule has 2 aromatic carbocycles. The first-order valence-electron chi connectivity index (χ1n) is 8.58. The number of alkyl halides is 3. The van der Waals surface area contributed by atoms with Crippen LogP contribution in [0.2, 0.25) is 0 Å². The average Bonchev–Trinajstić information content (AvgIpc) is 2.93. The van der Waals surface area contributed by atoms with Crippen LogP contribution in [0.15, 0.2) is 66.9 Å². The standard InChI is InChI=1S/C21H13F3N2O3/c22-21(23,24)29-16-8-9-18-17(10-16)19(27)20(28)26(18)12-15-7-6-14(11-25-15)13-4-2-1-3-5-13/h1-11H,12H2. The molecule has 0 aliphatic carbocycles. The maximum atomic E-state index is 12.4. The first-order chi connectivity index (χ1) is 13.8. The highest BCUT2D eigenvalue weighted by atomic mass is 19.4. The summed E-state index contributed by atoms with van der Waals surface area (Å²) in [5.74, 6) is -2.25. The van der Waals surface area contributed by atoms with Crippen molar-refractivity contribution in [2.45, 2.75) is 12.9 Å². The second-order valence-corrected chi connectivity index (χ2v) is 6.35. The molecule has 0 radical (unpaired) electrons. The van der Waals surface area contributed by atoms with Crippen molar-refractivity contribution in [1.82, 2.24) is 4.98 Å². The summed E-state index contributed by atoms with van der Waals surface area (Å²) < 4.78 is 41.0. The Bertz CT molecular complexity index is 1080. The first kappa shape index (κ1) is 18.7. The molecule has 1 aliphatic heterocycles. The molecule has 146 valence electrons. The fourth-order valence-electron chi connectivity index (χ4n) is 3.12. The summed E-state index contributed by atoms with van der Waals surface area (Å²) in [5.41, 5.74) is 2.52. The van der Waals surface area contributed by atoms with Crippen molar-refractivity contribution in [3.8, 4) is 16.9 Å². The van der Waals surface area contributed by atoms with Crippen molar-refractivity contribution in [3.63, 3.8) is 0 Å². The minimum atomic E-state index is -4.88. The number of anilines is 1. The highest BCUT2D eigenvalue weighted by molar-refractivity contribution is 6.52. The van der Waals surface area contributed by atoms with Crippen LogP contribution in [-0.2, 0) is 11.3 Å². The van der Waals surface area contributed by atoms with Gasteiger partial charge in [-0.15, -0.1) is 13.2 Å². The number of rotatable bonds is 4. The zero-order chi connectivity index (χ0) is 20.6. The molecule has 0 saturated carbocycles. The van der Waals surface area contributed by atoms with Crippen molar-refractivity contribution in [2.75, 3.05) is 4.90 Å². The van der Waals surface area contributed by atoms with Crippen LogP contribution >= 0.6 is 0 Å². The number of benzene rings is 2. The zero-order valence-corrected chi connectivity index (χ0v) is 14.8. The number of nitrogens with zero attached hydrogens (tertiary/aromatic N) is 2. The summed E-state index contributed by atoms with van der Waals surface area (Å²) in [5, 5.41) is 0. The van der Waals surface area contributed by atoms with Crippen LogP contribution in [0.5, 0.6) is 5.75 Å². The van der Waals surface area contributed by atoms with Gasteiger partial charge in [-0.05, 0) is 29.8 Å². The van der Waals surface area contributed by atoms with Gasteiger partial charge in [-0.25, -0.2) is 0 Å². The Kier molecular flexibility index (Phi) is 4.54. The van der Waals surface area contributed by atoms with E-state index in [1.165, 1.54) is 11.0 Å². The van der Waals surface area contributed by atoms with E-state index in [1.807, 2.05) is 36.4 Å². The largest absolute Gasteiger partial charge is 0.573 e. The Morgan fingerprint density at radius 3 is 2.34 bits per heavy atom. The van der Waals surface area contributed by atoms with Gasteiger partial charge < -0.3 is 4.74 Å². The molecule has 3 aromatic rings. The van der Waals surface area contributed by atoms with Gasteiger partial charge in [0.05, 0.1) is 23.5 Å². The molecular formula is C21H13F3N2O3. The van der Waals surface area contributed by atoms with Crippen LogP contribution in [0, 0.1) is 0 Å². The SMILES string of the molecule is O=C1C(=O)N(Cc2ccc(-c3ccccc3)cn2)c2ccc(OC(F)(F)F)cc21. The van der Waals surface area contributed by atoms with E-state index in [0.717, 1.165) is 23.3 Å². The second-order valence-electron chi connectivity index (χ2n) is 6.35. The molecule has 29 heavy (non-hydrogen) atoms. The molecule has 0 saturated heterocycles. The number of ketones is 1. The van der Waals surface area contributed by atoms with Gasteiger partial charge in [-0.1, -0.05) is 36.4 Å². The number of hydrogen-bond donors (Lipinski definition) is 0. The number of hydrogen-bond acceptors (Lipinski definition) is 4. The van der Waals surface area contributed by atoms with E-state index in [2.05, 4.69) is 9.72 Å². The van der Waals surface area contributed by atoms with Crippen LogP contribution in [0.4, 0.5) is 18.9 Å². The molecule has 5 nitrogen and oxygen atoms in total. The summed E-state index contributed by atoms with van der Waals surface area (Å²) >= 11 is 0. The van der Waals surface area contributed by atoms with E-state index >= 15 is 0 Å². The minimum Gasteiger partial charge on any atom is -0.406 e. The van der Waals surface area contributed by atoms with E-state index in [0.29, 0.717) is 5.69 Å². The summed E-state index contributed by atoms with van der Waals surface area (Å²) in [4.78, 5) is 30.1. The zero-order valence-electron chi connectivity index (χ0n) is 14.8. The summed E-state index contributed by atoms with van der Waals surface area (Å²) in [6.07, 6.45) is -3.22. The third-order valence-corrected chi connectivity index (χ3v) is 4.43. The maximum Gasteiger partial charge on any atom is 0.573 e. The molecule has 8 heteroatoms. The summed E-state index contributed by atoms with van der Waals surface area (Å²) in [6.45, 7) is 0.0200. The van der Waals surface area contributed by atoms with Gasteiger partial charge in [-0.2, -0.15) is 0 Å². The number of pyridine rings is 1. The molecule has 0 bridgehead atoms. The molecule has 0 fully saturated rings. The Balaban J connectivity index is 1.57. The fourth-order valence-corrected chi connectivity index (χ4v) is 3.12. The highest BCUT2D eigenvalue weighted by Gasteiger charge is 2.38. The van der Waals surface area contributed by atoms with E-state index in [1.54, 1.807) is 12.3 Å². The normalized spacial score (nSPS) is 13.6. The number of halogens is 3. The molecule has 0 N–H and O–H groups in total. The van der Waals surface area contributed by atoms with E-state index in [4.69, 9.17) is 0 Å². The van der Waals surface area contributed by atoms with Gasteiger partial charge in [-0.3, -0.25) is 19.5 Å². The van der Waals surface area contributed by atoms with Crippen LogP contribution < -0.4 is 9.64 Å². The van der Waals surface area contributed by atoms with Crippen molar-refractivity contribution >= 4 is 17.4 Å². The van der Waals surface area contributed by atoms with E-state index < -0.39 is 23.8 Å². The number of Topliss-reactive ketones (excluding diaryl/α,β-unsaturated/α-hetero) is 1. The molecule has 4 rings (SSSR count). The van der Waals surface area contributed by atoms with Crippen LogP contribution in [0.1, 0.15) is 16.1 Å². The van der Waals surface area contributed by atoms with Crippen LogP contribution in [-0.4, -0.2) is 23.0 Å². The van der Waals surface area contributed by atoms with Crippen LogP contribution in [0.25, 0.3) is 11.1 Å². The smallest absolute Gasteiger partial charge is 0.406 e. The predicted molar refractivity (Wildman–Crippen MR) is 98.3 cm³/mol. The summed E-state index contributed by atoms with van der Waals surface area (Å²) in [7, 11) is 0. The molecule has 1 amide bonds. The van der Waals surface area contributed by atoms with Gasteiger partial charge in [0.2, 0.25) is 0 Å². The van der Waals surface area contributed by atoms with Gasteiger partial charge in [0.1, 0.15) is 5.75 Å². The molecule has 1 aromatic heterocycles. The topological polar surface area (TPSA) is 59.5 Å². The van der Waals surface area contributed by atoms with Gasteiger partial charge in [0.15, 0.2) is 0 Å². The molecule has 0 unspecified atom stereocenters. The molecule has 2 heterocycles. The highest BCUT2D eigenvalue weighted by Crippen LogP contribution is 2.34. The van der Waals surface area contributed by atoms with E-state index in [9.17, 15) is 22.8 Å². The predicted octanol–water partition coefficient (Wildman–Crippen LogP) is 4.38. The monoisotopic (exact) mass is 398 g/mol. The Labute approximate surface area is 163 Å². The number of carbonyl (C=O) groups excluding carboxylic acids is 2. The quantitative estimate of drug-likeness (QED) is 0.612. The lowest BCUT2D eigenvalue weighted by Gasteiger charge is -2.16. The molecule has 0 atom stereocenters. The van der Waals surface area contributed by atoms with Crippen LogP contribution in [0.3, 0.4) is 0 Å². The van der Waals surface area contributed by atoms with Crippen molar-refractivity contribution in [2.24, 2.45) is 0 Å². The fraction of sp³-hybridized carbons (Fsp3) is 0.0952. The average molecular weight is 398 g/mol. The minimum absolute atomic E-state index is 0.0200. The molecular weight excluding hydrogens is 385 g/mol. The molecule has 1 aliphatic rings. The number of amides is 1.